The van der Waals surface area contributed by atoms with E-state index < -0.39 is 9.05 Å². The molecule has 0 aliphatic rings. The first-order chi connectivity index (χ1) is 9.47. The number of thiophene rings is 2. The molecule has 20 heavy (non-hydrogen) atoms. The van der Waals surface area contributed by atoms with Crippen LogP contribution >= 0.6 is 33.4 Å². The highest BCUT2D eigenvalue weighted by Crippen LogP contribution is 2.25. The largest absolute Gasteiger partial charge is 0.270 e. The maximum absolute atomic E-state index is 10.8. The Labute approximate surface area is 133 Å². The Balaban J connectivity index is 0.000000217. The van der Waals surface area contributed by atoms with Gasteiger partial charge in [-0.25, -0.2) is 8.42 Å². The fourth-order valence-corrected chi connectivity index (χ4v) is 4.61. The van der Waals surface area contributed by atoms with E-state index in [-0.39, 0.29) is 4.21 Å². The number of hydrogen-bond donors (Lipinski definition) is 0. The second kappa shape index (κ2) is 8.82. The number of hydrogen-bond acceptors (Lipinski definition) is 4. The molecule has 2 heterocycles. The molecule has 0 saturated carbocycles. The topological polar surface area (TPSA) is 34.1 Å². The van der Waals surface area contributed by atoms with Gasteiger partial charge in [0.15, 0.2) is 0 Å². The lowest BCUT2D eigenvalue weighted by Crippen LogP contribution is -1.83. The van der Waals surface area contributed by atoms with Crippen LogP contribution in [-0.2, 0) is 21.9 Å². The predicted octanol–water partition coefficient (Wildman–Crippen LogP) is 5.33. The first-order valence-corrected chi connectivity index (χ1v) is 10.5. The quantitative estimate of drug-likeness (QED) is 0.683. The summed E-state index contributed by atoms with van der Waals surface area (Å²) < 4.78 is 21.9. The van der Waals surface area contributed by atoms with Gasteiger partial charge in [0, 0.05) is 20.4 Å². The summed E-state index contributed by atoms with van der Waals surface area (Å²) in [6, 6.07) is 7.66. The molecule has 0 atom stereocenters. The van der Waals surface area contributed by atoms with Crippen molar-refractivity contribution in [2.75, 3.05) is 0 Å². The van der Waals surface area contributed by atoms with Crippen molar-refractivity contribution in [2.45, 2.75) is 43.7 Å². The van der Waals surface area contributed by atoms with Gasteiger partial charge in [0.05, 0.1) is 0 Å². The summed E-state index contributed by atoms with van der Waals surface area (Å²) in [6.45, 7) is 4.26. The maximum atomic E-state index is 10.8. The van der Waals surface area contributed by atoms with Crippen LogP contribution in [0.25, 0.3) is 0 Å². The van der Waals surface area contributed by atoms with Crippen LogP contribution in [0.4, 0.5) is 0 Å². The van der Waals surface area contributed by atoms with E-state index in [4.69, 9.17) is 10.7 Å². The predicted molar refractivity (Wildman–Crippen MR) is 89.7 cm³/mol. The molecule has 0 aromatic carbocycles. The van der Waals surface area contributed by atoms with Crippen molar-refractivity contribution in [1.82, 2.24) is 0 Å². The van der Waals surface area contributed by atoms with Gasteiger partial charge in [-0.05, 0) is 36.4 Å². The van der Waals surface area contributed by atoms with Crippen molar-refractivity contribution >= 4 is 42.4 Å². The number of aryl methyl sites for hydroxylation is 2. The van der Waals surface area contributed by atoms with Crippen LogP contribution in [0.15, 0.2) is 33.9 Å². The molecular weight excluding hydrogens is 332 g/mol. The third kappa shape index (κ3) is 6.39. The highest BCUT2D eigenvalue weighted by Gasteiger charge is 2.12. The van der Waals surface area contributed by atoms with Gasteiger partial charge in [0.25, 0.3) is 9.05 Å². The zero-order valence-corrected chi connectivity index (χ0v) is 14.8. The first kappa shape index (κ1) is 17.7. The molecule has 2 aromatic heterocycles. The van der Waals surface area contributed by atoms with E-state index in [1.807, 2.05) is 17.4 Å². The molecule has 0 saturated heterocycles. The Morgan fingerprint density at radius 1 is 1.05 bits per heavy atom. The van der Waals surface area contributed by atoms with Gasteiger partial charge < -0.3 is 0 Å². The van der Waals surface area contributed by atoms with Crippen molar-refractivity contribution in [3.8, 4) is 0 Å². The van der Waals surface area contributed by atoms with Crippen molar-refractivity contribution in [3.63, 3.8) is 0 Å². The van der Waals surface area contributed by atoms with Gasteiger partial charge in [0.1, 0.15) is 4.21 Å². The molecule has 0 aliphatic carbocycles. The van der Waals surface area contributed by atoms with Crippen molar-refractivity contribution in [2.24, 2.45) is 0 Å². The molecule has 0 radical (unpaired) electrons. The molecule has 0 bridgehead atoms. The van der Waals surface area contributed by atoms with Crippen molar-refractivity contribution < 1.29 is 8.42 Å². The monoisotopic (exact) mass is 350 g/mol. The average molecular weight is 351 g/mol. The standard InChI is InChI=1S/C7H9ClO2S2.C7H10S/c1-2-3-6-4-5-7(11-6)12(8,9)10;1-2-4-7-5-3-6-8-7/h4-5H,2-3H2,1H3;3,5-6H,2,4H2,1H3. The second-order valence-corrected chi connectivity index (χ2v) is 9.23. The minimum Gasteiger partial charge on any atom is -0.206 e. The molecule has 0 amide bonds. The molecular formula is C14H19ClO2S3. The van der Waals surface area contributed by atoms with E-state index in [1.54, 1.807) is 6.07 Å². The van der Waals surface area contributed by atoms with E-state index in [0.29, 0.717) is 0 Å². The van der Waals surface area contributed by atoms with Crippen LogP contribution in [0.2, 0.25) is 0 Å². The SMILES string of the molecule is CCCc1ccc(S(=O)(=O)Cl)s1.CCCc1cccs1. The Morgan fingerprint density at radius 3 is 2.15 bits per heavy atom. The number of rotatable bonds is 5. The van der Waals surface area contributed by atoms with Gasteiger partial charge in [-0.3, -0.25) is 0 Å². The highest BCUT2D eigenvalue weighted by atomic mass is 35.7. The van der Waals surface area contributed by atoms with Crippen LogP contribution in [0, 0.1) is 0 Å². The van der Waals surface area contributed by atoms with Crippen LogP contribution < -0.4 is 0 Å². The third-order valence-electron chi connectivity index (χ3n) is 2.45. The summed E-state index contributed by atoms with van der Waals surface area (Å²) in [7, 11) is 1.65. The van der Waals surface area contributed by atoms with Crippen LogP contribution in [-0.4, -0.2) is 8.42 Å². The molecule has 0 spiro atoms. The van der Waals surface area contributed by atoms with E-state index in [9.17, 15) is 8.42 Å². The van der Waals surface area contributed by atoms with E-state index in [2.05, 4.69) is 31.4 Å². The molecule has 2 aromatic rings. The number of halogens is 1. The molecule has 0 unspecified atom stereocenters. The summed E-state index contributed by atoms with van der Waals surface area (Å²) >= 11 is 3.09. The Morgan fingerprint density at radius 2 is 1.70 bits per heavy atom. The fourth-order valence-electron chi connectivity index (χ4n) is 1.57. The maximum Gasteiger partial charge on any atom is 0.270 e. The first-order valence-electron chi connectivity index (χ1n) is 6.53. The van der Waals surface area contributed by atoms with Gasteiger partial charge >= 0.3 is 0 Å². The Hall–Kier alpha value is -0.360. The van der Waals surface area contributed by atoms with Gasteiger partial charge in [-0.15, -0.1) is 22.7 Å². The molecule has 112 valence electrons. The van der Waals surface area contributed by atoms with E-state index >= 15 is 0 Å². The van der Waals surface area contributed by atoms with E-state index in [0.717, 1.165) is 17.7 Å². The lowest BCUT2D eigenvalue weighted by atomic mass is 10.3. The average Bonchev–Trinajstić information content (AvgIpc) is 3.01. The lowest BCUT2D eigenvalue weighted by molar-refractivity contribution is 0.611. The molecule has 0 N–H and O–H groups in total. The second-order valence-electron chi connectivity index (χ2n) is 4.24. The summed E-state index contributed by atoms with van der Waals surface area (Å²) in [5.74, 6) is 0. The summed E-state index contributed by atoms with van der Waals surface area (Å²) in [6.07, 6.45) is 4.44. The normalized spacial score (nSPS) is 10.9. The Kier molecular flexibility index (Phi) is 7.80. The third-order valence-corrected chi connectivity index (χ3v) is 6.62. The zero-order chi connectivity index (χ0) is 15.0. The molecule has 0 aliphatic heterocycles. The summed E-state index contributed by atoms with van der Waals surface area (Å²) in [4.78, 5) is 2.57. The fraction of sp³-hybridized carbons (Fsp3) is 0.429. The van der Waals surface area contributed by atoms with Gasteiger partial charge in [0.2, 0.25) is 0 Å². The van der Waals surface area contributed by atoms with Crippen molar-refractivity contribution in [1.29, 1.82) is 0 Å². The van der Waals surface area contributed by atoms with Crippen LogP contribution in [0.1, 0.15) is 36.4 Å². The minimum absolute atomic E-state index is 0.243. The summed E-state index contributed by atoms with van der Waals surface area (Å²) in [5.41, 5.74) is 0. The molecule has 2 nitrogen and oxygen atoms in total. The van der Waals surface area contributed by atoms with Gasteiger partial charge in [-0.2, -0.15) is 0 Å². The molecule has 6 heteroatoms. The van der Waals surface area contributed by atoms with Crippen LogP contribution in [0.3, 0.4) is 0 Å². The highest BCUT2D eigenvalue weighted by molar-refractivity contribution is 8.15. The van der Waals surface area contributed by atoms with Crippen LogP contribution in [0.5, 0.6) is 0 Å². The van der Waals surface area contributed by atoms with E-state index in [1.165, 1.54) is 29.1 Å². The molecule has 2 rings (SSSR count). The van der Waals surface area contributed by atoms with Crippen molar-refractivity contribution in [3.05, 3.63) is 39.4 Å². The molecule has 0 fully saturated rings. The zero-order valence-electron chi connectivity index (χ0n) is 11.6. The van der Waals surface area contributed by atoms with Gasteiger partial charge in [-0.1, -0.05) is 32.8 Å². The lowest BCUT2D eigenvalue weighted by Gasteiger charge is -1.88. The smallest absolute Gasteiger partial charge is 0.206 e. The Bertz CT molecular complexity index is 586. The minimum atomic E-state index is -3.51. The summed E-state index contributed by atoms with van der Waals surface area (Å²) in [5, 5.41) is 2.13.